The van der Waals surface area contributed by atoms with Crippen LogP contribution in [0.5, 0.6) is 0 Å². The van der Waals surface area contributed by atoms with Crippen molar-refractivity contribution in [1.82, 2.24) is 14.3 Å². The third-order valence-corrected chi connectivity index (χ3v) is 7.10. The molecule has 0 aromatic carbocycles. The molecule has 2 fully saturated rings. The Labute approximate surface area is 197 Å². The molecule has 0 atom stereocenters. The number of thioether (sulfide) groups is 1. The number of carbonyl (C=O) groups is 1. The molecule has 0 unspecified atom stereocenters. The van der Waals surface area contributed by atoms with E-state index in [0.29, 0.717) is 46.0 Å². The smallest absolute Gasteiger partial charge is 0.267 e. The number of rotatable bonds is 8. The Kier molecular flexibility index (Phi) is 7.59. The van der Waals surface area contributed by atoms with E-state index in [4.69, 9.17) is 17.0 Å². The Morgan fingerprint density at radius 3 is 2.88 bits per heavy atom. The van der Waals surface area contributed by atoms with Gasteiger partial charge < -0.3 is 10.1 Å². The summed E-state index contributed by atoms with van der Waals surface area (Å²) in [6.45, 7) is 3.87. The van der Waals surface area contributed by atoms with Crippen LogP contribution in [-0.2, 0) is 9.53 Å². The van der Waals surface area contributed by atoms with E-state index in [9.17, 15) is 9.59 Å². The first-order chi connectivity index (χ1) is 15.6. The summed E-state index contributed by atoms with van der Waals surface area (Å²) < 4.78 is 7.47. The molecule has 2 aromatic rings. The molecule has 2 aliphatic rings. The molecule has 0 radical (unpaired) electrons. The van der Waals surface area contributed by atoms with Gasteiger partial charge in [-0.1, -0.05) is 49.3 Å². The minimum atomic E-state index is -0.217. The molecular weight excluding hydrogens is 444 g/mol. The first kappa shape index (κ1) is 22.9. The normalized spacial score (nSPS) is 18.8. The number of aromatic nitrogens is 2. The number of hydrogen-bond acceptors (Lipinski definition) is 7. The maximum atomic E-state index is 13.3. The van der Waals surface area contributed by atoms with Crippen molar-refractivity contribution in [3.05, 3.63) is 45.2 Å². The fourth-order valence-corrected chi connectivity index (χ4v) is 5.54. The van der Waals surface area contributed by atoms with E-state index in [1.807, 2.05) is 13.0 Å². The van der Waals surface area contributed by atoms with Gasteiger partial charge in [0.05, 0.1) is 10.5 Å². The van der Waals surface area contributed by atoms with Crippen molar-refractivity contribution in [2.45, 2.75) is 51.5 Å². The number of thiocarbonyl (C=S) groups is 1. The highest BCUT2D eigenvalue weighted by Gasteiger charge is 2.37. The van der Waals surface area contributed by atoms with E-state index < -0.39 is 0 Å². The van der Waals surface area contributed by atoms with Gasteiger partial charge in [0.15, 0.2) is 0 Å². The third kappa shape index (κ3) is 4.89. The average Bonchev–Trinajstić information content (AvgIpc) is 3.09. The van der Waals surface area contributed by atoms with Crippen LogP contribution in [0.1, 0.15) is 51.0 Å². The third-order valence-electron chi connectivity index (χ3n) is 5.77. The zero-order chi connectivity index (χ0) is 22.5. The molecule has 7 nitrogen and oxygen atoms in total. The van der Waals surface area contributed by atoms with Gasteiger partial charge in [0.1, 0.15) is 15.8 Å². The number of amides is 1. The minimum Gasteiger partial charge on any atom is -0.382 e. The molecule has 1 aliphatic heterocycles. The van der Waals surface area contributed by atoms with E-state index >= 15 is 0 Å². The first-order valence-corrected chi connectivity index (χ1v) is 12.4. The van der Waals surface area contributed by atoms with Crippen LogP contribution in [0.4, 0.5) is 5.82 Å². The summed E-state index contributed by atoms with van der Waals surface area (Å²) >= 11 is 6.82. The summed E-state index contributed by atoms with van der Waals surface area (Å²) in [5.74, 6) is 0.368. The average molecular weight is 473 g/mol. The predicted octanol–water partition coefficient (Wildman–Crippen LogP) is 4.07. The monoisotopic (exact) mass is 472 g/mol. The van der Waals surface area contributed by atoms with Crippen molar-refractivity contribution < 1.29 is 9.53 Å². The van der Waals surface area contributed by atoms with E-state index in [1.165, 1.54) is 22.6 Å². The molecular formula is C23H28N4O3S2. The number of hydrogen-bond donors (Lipinski definition) is 1. The van der Waals surface area contributed by atoms with Crippen LogP contribution in [0.3, 0.4) is 0 Å². The second-order valence-corrected chi connectivity index (χ2v) is 9.60. The molecule has 4 rings (SSSR count). The fraction of sp³-hybridized carbons (Fsp3) is 0.478. The molecule has 1 aliphatic carbocycles. The largest absolute Gasteiger partial charge is 0.382 e. The van der Waals surface area contributed by atoms with Crippen LogP contribution in [0.15, 0.2) is 34.1 Å². The highest BCUT2D eigenvalue weighted by atomic mass is 32.2. The van der Waals surface area contributed by atoms with Gasteiger partial charge in [0, 0.05) is 32.0 Å². The molecule has 170 valence electrons. The molecule has 1 amide bonds. The maximum absolute atomic E-state index is 13.3. The summed E-state index contributed by atoms with van der Waals surface area (Å²) in [4.78, 5) is 33.4. The molecule has 2 aromatic heterocycles. The Balaban J connectivity index is 1.66. The zero-order valence-corrected chi connectivity index (χ0v) is 19.8. The molecule has 32 heavy (non-hydrogen) atoms. The molecule has 1 N–H and O–H groups in total. The van der Waals surface area contributed by atoms with Gasteiger partial charge in [-0.3, -0.25) is 18.9 Å². The van der Waals surface area contributed by atoms with Crippen molar-refractivity contribution in [2.75, 3.05) is 25.1 Å². The standard InChI is InChI=1S/C23H28N4O3S2/c1-2-30-14-8-12-24-20-17(21(28)26-13-7-6-11-19(26)25-20)15-18-22(29)27(23(31)32-18)16-9-4-3-5-10-16/h6-7,11,13,15-16,24H,2-5,8-10,12,14H2,1H3/b18-15-. The lowest BCUT2D eigenvalue weighted by atomic mass is 9.94. The Morgan fingerprint density at radius 2 is 2.09 bits per heavy atom. The summed E-state index contributed by atoms with van der Waals surface area (Å²) in [5, 5.41) is 3.26. The lowest BCUT2D eigenvalue weighted by molar-refractivity contribution is -0.124. The van der Waals surface area contributed by atoms with Crippen LogP contribution >= 0.6 is 24.0 Å². The molecule has 3 heterocycles. The number of ether oxygens (including phenoxy) is 1. The van der Waals surface area contributed by atoms with E-state index in [1.54, 1.807) is 29.3 Å². The number of carbonyl (C=O) groups excluding carboxylic acids is 1. The highest BCUT2D eigenvalue weighted by Crippen LogP contribution is 2.37. The Morgan fingerprint density at radius 1 is 1.28 bits per heavy atom. The number of fused-ring (bicyclic) bond motifs is 1. The number of nitrogens with zero attached hydrogens (tertiary/aromatic N) is 3. The number of nitrogens with one attached hydrogen (secondary N) is 1. The predicted molar refractivity (Wildman–Crippen MR) is 133 cm³/mol. The second kappa shape index (κ2) is 10.6. The summed E-state index contributed by atoms with van der Waals surface area (Å²) in [6, 6.07) is 5.58. The Hall–Kier alpha value is -2.23. The molecule has 1 saturated carbocycles. The van der Waals surface area contributed by atoms with Gasteiger partial charge in [0.2, 0.25) is 0 Å². The van der Waals surface area contributed by atoms with Gasteiger partial charge in [0.25, 0.3) is 11.5 Å². The van der Waals surface area contributed by atoms with Crippen LogP contribution in [0.25, 0.3) is 11.7 Å². The lowest BCUT2D eigenvalue weighted by Crippen LogP contribution is -2.39. The molecule has 1 saturated heterocycles. The minimum absolute atomic E-state index is 0.105. The van der Waals surface area contributed by atoms with Crippen LogP contribution in [0.2, 0.25) is 0 Å². The number of anilines is 1. The van der Waals surface area contributed by atoms with Crippen LogP contribution in [0, 0.1) is 0 Å². The van der Waals surface area contributed by atoms with Gasteiger partial charge in [-0.05, 0) is 44.4 Å². The van der Waals surface area contributed by atoms with Crippen molar-refractivity contribution in [1.29, 1.82) is 0 Å². The van der Waals surface area contributed by atoms with Crippen LogP contribution < -0.4 is 10.9 Å². The SMILES string of the molecule is CCOCCCNc1nc2ccccn2c(=O)c1/C=C1\SC(=S)N(C2CCCCC2)C1=O. The van der Waals surface area contributed by atoms with Gasteiger partial charge in [-0.15, -0.1) is 0 Å². The van der Waals surface area contributed by atoms with Crippen molar-refractivity contribution in [3.8, 4) is 0 Å². The van der Waals surface area contributed by atoms with Crippen molar-refractivity contribution in [3.63, 3.8) is 0 Å². The summed E-state index contributed by atoms with van der Waals surface area (Å²) in [5.41, 5.74) is 0.705. The quantitative estimate of drug-likeness (QED) is 0.353. The van der Waals surface area contributed by atoms with Crippen LogP contribution in [-0.4, -0.2) is 50.3 Å². The lowest BCUT2D eigenvalue weighted by Gasteiger charge is -2.29. The van der Waals surface area contributed by atoms with E-state index in [-0.39, 0.29) is 17.5 Å². The topological polar surface area (TPSA) is 75.9 Å². The first-order valence-electron chi connectivity index (χ1n) is 11.2. The van der Waals surface area contributed by atoms with Crippen molar-refractivity contribution >= 4 is 51.7 Å². The Bertz CT molecular complexity index is 1090. The second-order valence-electron chi connectivity index (χ2n) is 7.93. The summed E-state index contributed by atoms with van der Waals surface area (Å²) in [7, 11) is 0. The van der Waals surface area contributed by atoms with Gasteiger partial charge >= 0.3 is 0 Å². The van der Waals surface area contributed by atoms with E-state index in [2.05, 4.69) is 10.3 Å². The molecule has 0 spiro atoms. The zero-order valence-electron chi connectivity index (χ0n) is 18.2. The van der Waals surface area contributed by atoms with Gasteiger partial charge in [-0.25, -0.2) is 4.98 Å². The summed E-state index contributed by atoms with van der Waals surface area (Å²) in [6.07, 6.45) is 9.53. The van der Waals surface area contributed by atoms with Gasteiger partial charge in [-0.2, -0.15) is 0 Å². The number of pyridine rings is 1. The van der Waals surface area contributed by atoms with Crippen molar-refractivity contribution in [2.24, 2.45) is 0 Å². The molecule has 0 bridgehead atoms. The highest BCUT2D eigenvalue weighted by molar-refractivity contribution is 8.26. The van der Waals surface area contributed by atoms with E-state index in [0.717, 1.165) is 32.1 Å². The molecule has 9 heteroatoms. The fourth-order valence-electron chi connectivity index (χ4n) is 4.16. The maximum Gasteiger partial charge on any atom is 0.267 e.